The largest absolute Gasteiger partial charge is 0.370 e. The maximum absolute atomic E-state index is 7.37. The number of fused-ring (bicyclic) bond motifs is 3. The van der Waals surface area contributed by atoms with Crippen LogP contribution in [0.3, 0.4) is 0 Å². The Morgan fingerprint density at radius 1 is 0.625 bits per heavy atom. The zero-order valence-electron chi connectivity index (χ0n) is 26.3. The Balaban J connectivity index is 1.52. The first-order valence-electron chi connectivity index (χ1n) is 17.6. The van der Waals surface area contributed by atoms with Crippen LogP contribution in [-0.4, -0.2) is 6.61 Å². The van der Waals surface area contributed by atoms with Gasteiger partial charge in [-0.15, -0.1) is 0 Å². The molecule has 0 spiro atoms. The first-order valence-corrected chi connectivity index (χ1v) is 17.6. The van der Waals surface area contributed by atoms with Crippen molar-refractivity contribution in [2.24, 2.45) is 5.92 Å². The minimum Gasteiger partial charge on any atom is -0.370 e. The van der Waals surface area contributed by atoms with Crippen LogP contribution < -0.4 is 0 Å². The van der Waals surface area contributed by atoms with Crippen LogP contribution in [0.2, 0.25) is 0 Å². The van der Waals surface area contributed by atoms with Crippen LogP contribution in [-0.2, 0) is 16.8 Å². The van der Waals surface area contributed by atoms with E-state index in [-0.39, 0.29) is 5.60 Å². The summed E-state index contributed by atoms with van der Waals surface area (Å²) in [4.78, 5) is 0. The van der Waals surface area contributed by atoms with Gasteiger partial charge >= 0.3 is 0 Å². The standard InChI is InChI=1S/C39H60O/c1-3-5-7-9-11-13-15-22-31-40-39(34-25-17-16-18-26-34,30-21-14-12-10-8-6-4-2)38-29-23-28-36-35-27-20-19-24-33(35)32-37(36)38/h19-20,23-24,27-29,34H,3-18,21-22,25-26,30-32H2,1-2H3. The molecule has 2 aromatic carbocycles. The molecule has 222 valence electrons. The van der Waals surface area contributed by atoms with Gasteiger partial charge in [-0.05, 0) is 65.8 Å². The first kappa shape index (κ1) is 31.3. The second kappa shape index (κ2) is 17.4. The molecule has 2 aliphatic rings. The van der Waals surface area contributed by atoms with E-state index in [1.54, 1.807) is 11.1 Å². The van der Waals surface area contributed by atoms with E-state index in [0.717, 1.165) is 13.0 Å². The third kappa shape index (κ3) is 8.47. The van der Waals surface area contributed by atoms with Crippen molar-refractivity contribution in [2.45, 2.75) is 161 Å². The lowest BCUT2D eigenvalue weighted by molar-refractivity contribution is -0.112. The highest BCUT2D eigenvalue weighted by Gasteiger charge is 2.43. The Bertz CT molecular complexity index is 971. The highest BCUT2D eigenvalue weighted by Crippen LogP contribution is 2.50. The van der Waals surface area contributed by atoms with E-state index < -0.39 is 0 Å². The lowest BCUT2D eigenvalue weighted by atomic mass is 9.69. The summed E-state index contributed by atoms with van der Waals surface area (Å²) >= 11 is 0. The molecule has 1 heteroatoms. The summed E-state index contributed by atoms with van der Waals surface area (Å²) in [7, 11) is 0. The summed E-state index contributed by atoms with van der Waals surface area (Å²) in [5.74, 6) is 0.658. The Morgan fingerprint density at radius 2 is 1.23 bits per heavy atom. The minimum atomic E-state index is -0.113. The van der Waals surface area contributed by atoms with Gasteiger partial charge in [-0.3, -0.25) is 0 Å². The van der Waals surface area contributed by atoms with E-state index in [1.165, 1.54) is 152 Å². The maximum atomic E-state index is 7.37. The molecule has 1 atom stereocenters. The molecule has 40 heavy (non-hydrogen) atoms. The van der Waals surface area contributed by atoms with E-state index in [0.29, 0.717) is 5.92 Å². The Morgan fingerprint density at radius 3 is 1.93 bits per heavy atom. The third-order valence-corrected chi connectivity index (χ3v) is 10.1. The number of rotatable bonds is 20. The van der Waals surface area contributed by atoms with Crippen molar-refractivity contribution in [1.82, 2.24) is 0 Å². The molecule has 1 saturated carbocycles. The van der Waals surface area contributed by atoms with Crippen molar-refractivity contribution in [2.75, 3.05) is 6.61 Å². The number of unbranched alkanes of at least 4 members (excludes halogenated alkanes) is 13. The van der Waals surface area contributed by atoms with Crippen LogP contribution in [0.25, 0.3) is 11.1 Å². The van der Waals surface area contributed by atoms with E-state index in [2.05, 4.69) is 56.3 Å². The molecule has 0 aliphatic heterocycles. The van der Waals surface area contributed by atoms with Crippen LogP contribution in [0.4, 0.5) is 0 Å². The summed E-state index contributed by atoms with van der Waals surface area (Å²) < 4.78 is 7.37. The quantitative estimate of drug-likeness (QED) is 0.129. The van der Waals surface area contributed by atoms with E-state index in [1.807, 2.05) is 0 Å². The molecule has 0 heterocycles. The van der Waals surface area contributed by atoms with Crippen molar-refractivity contribution in [3.05, 3.63) is 59.2 Å². The molecule has 1 unspecified atom stereocenters. The van der Waals surface area contributed by atoms with Crippen LogP contribution in [0.15, 0.2) is 42.5 Å². The number of hydrogen-bond donors (Lipinski definition) is 0. The molecule has 0 amide bonds. The molecule has 0 radical (unpaired) electrons. The van der Waals surface area contributed by atoms with Gasteiger partial charge in [-0.1, -0.05) is 165 Å². The van der Waals surface area contributed by atoms with Gasteiger partial charge in [0.25, 0.3) is 0 Å². The van der Waals surface area contributed by atoms with Gasteiger partial charge in [0.15, 0.2) is 0 Å². The fraction of sp³-hybridized carbons (Fsp3) is 0.692. The Hall–Kier alpha value is -1.60. The summed E-state index contributed by atoms with van der Waals surface area (Å²) in [6.45, 7) is 5.56. The fourth-order valence-electron chi connectivity index (χ4n) is 7.78. The Labute approximate surface area is 247 Å². The summed E-state index contributed by atoms with van der Waals surface area (Å²) in [6.07, 6.45) is 29.6. The van der Waals surface area contributed by atoms with E-state index >= 15 is 0 Å². The summed E-state index contributed by atoms with van der Waals surface area (Å²) in [5.41, 5.74) is 7.45. The van der Waals surface area contributed by atoms with Gasteiger partial charge in [0.05, 0.1) is 5.60 Å². The molecule has 0 N–H and O–H groups in total. The molecule has 0 aromatic heterocycles. The predicted octanol–water partition coefficient (Wildman–Crippen LogP) is 12.3. The minimum absolute atomic E-state index is 0.113. The topological polar surface area (TPSA) is 9.23 Å². The molecular formula is C39H60O. The number of benzene rings is 2. The van der Waals surface area contributed by atoms with Crippen molar-refractivity contribution in [3.8, 4) is 11.1 Å². The maximum Gasteiger partial charge on any atom is 0.0962 e. The smallest absolute Gasteiger partial charge is 0.0962 e. The molecular weight excluding hydrogens is 484 g/mol. The average molecular weight is 545 g/mol. The second-order valence-electron chi connectivity index (χ2n) is 13.1. The van der Waals surface area contributed by atoms with Crippen molar-refractivity contribution >= 4 is 0 Å². The summed E-state index contributed by atoms with van der Waals surface area (Å²) in [6, 6.07) is 16.3. The highest BCUT2D eigenvalue weighted by atomic mass is 16.5. The van der Waals surface area contributed by atoms with Gasteiger partial charge in [-0.2, -0.15) is 0 Å². The third-order valence-electron chi connectivity index (χ3n) is 10.1. The molecule has 4 rings (SSSR count). The van der Waals surface area contributed by atoms with Gasteiger partial charge in [0, 0.05) is 6.61 Å². The van der Waals surface area contributed by atoms with Crippen molar-refractivity contribution in [3.63, 3.8) is 0 Å². The second-order valence-corrected chi connectivity index (χ2v) is 13.1. The normalized spacial score (nSPS) is 16.6. The number of ether oxygens (including phenoxy) is 1. The van der Waals surface area contributed by atoms with Crippen LogP contribution in [0.5, 0.6) is 0 Å². The molecule has 1 nitrogen and oxygen atoms in total. The van der Waals surface area contributed by atoms with Gasteiger partial charge in [0.2, 0.25) is 0 Å². The predicted molar refractivity (Wildman–Crippen MR) is 174 cm³/mol. The Kier molecular flexibility index (Phi) is 13.6. The van der Waals surface area contributed by atoms with E-state index in [4.69, 9.17) is 4.74 Å². The molecule has 2 aromatic rings. The van der Waals surface area contributed by atoms with Crippen LogP contribution in [0.1, 0.15) is 165 Å². The SMILES string of the molecule is CCCCCCCCCCOC(CCCCCCCCC)(c1cccc2c1Cc1ccccc1-2)C1CCCCC1. The fourth-order valence-corrected chi connectivity index (χ4v) is 7.78. The molecule has 2 aliphatic carbocycles. The zero-order chi connectivity index (χ0) is 27.9. The van der Waals surface area contributed by atoms with Crippen LogP contribution >= 0.6 is 0 Å². The lowest BCUT2D eigenvalue weighted by Gasteiger charge is -2.44. The molecule has 0 bridgehead atoms. The van der Waals surface area contributed by atoms with Crippen molar-refractivity contribution < 1.29 is 4.74 Å². The molecule has 1 fully saturated rings. The van der Waals surface area contributed by atoms with Crippen molar-refractivity contribution in [1.29, 1.82) is 0 Å². The summed E-state index contributed by atoms with van der Waals surface area (Å²) in [5, 5.41) is 0. The number of hydrogen-bond acceptors (Lipinski definition) is 1. The monoisotopic (exact) mass is 544 g/mol. The zero-order valence-corrected chi connectivity index (χ0v) is 26.3. The van der Waals surface area contributed by atoms with Gasteiger partial charge in [0.1, 0.15) is 0 Å². The average Bonchev–Trinajstić information content (AvgIpc) is 3.38. The highest BCUT2D eigenvalue weighted by molar-refractivity contribution is 5.78. The van der Waals surface area contributed by atoms with Gasteiger partial charge in [-0.25, -0.2) is 0 Å². The first-order chi connectivity index (χ1) is 19.8. The lowest BCUT2D eigenvalue weighted by Crippen LogP contribution is -2.40. The van der Waals surface area contributed by atoms with Crippen LogP contribution in [0, 0.1) is 5.92 Å². The molecule has 0 saturated heterocycles. The van der Waals surface area contributed by atoms with Gasteiger partial charge < -0.3 is 4.74 Å². The van der Waals surface area contributed by atoms with E-state index in [9.17, 15) is 0 Å².